The van der Waals surface area contributed by atoms with Crippen LogP contribution in [-0.4, -0.2) is 38.5 Å². The van der Waals surface area contributed by atoms with Crippen LogP contribution in [0.4, 0.5) is 0 Å². The van der Waals surface area contributed by atoms with Crippen molar-refractivity contribution in [2.45, 2.75) is 44.2 Å². The molecule has 3 heteroatoms. The van der Waals surface area contributed by atoms with E-state index < -0.39 is 0 Å². The first-order valence-corrected chi connectivity index (χ1v) is 5.88. The summed E-state index contributed by atoms with van der Waals surface area (Å²) in [6.45, 7) is 3.70. The molecule has 0 aromatic heterocycles. The van der Waals surface area contributed by atoms with Crippen molar-refractivity contribution in [2.24, 2.45) is 0 Å². The first-order chi connectivity index (χ1) is 6.95. The summed E-state index contributed by atoms with van der Waals surface area (Å²) in [6.07, 6.45) is 6.64. The molecule has 1 N–H and O–H groups in total. The summed E-state index contributed by atoms with van der Waals surface area (Å²) in [5, 5.41) is 3.47. The van der Waals surface area contributed by atoms with Crippen LogP contribution in [0, 0.1) is 0 Å². The minimum atomic E-state index is 0.381. The van der Waals surface area contributed by atoms with Crippen LogP contribution in [0.3, 0.4) is 0 Å². The zero-order chi connectivity index (χ0) is 9.64. The van der Waals surface area contributed by atoms with Gasteiger partial charge in [0.2, 0.25) is 0 Å². The molecule has 0 aromatic rings. The maximum Gasteiger partial charge on any atom is 0.0809 e. The van der Waals surface area contributed by atoms with Crippen molar-refractivity contribution in [1.82, 2.24) is 5.32 Å². The van der Waals surface area contributed by atoms with Crippen LogP contribution < -0.4 is 5.32 Å². The number of rotatable bonds is 7. The van der Waals surface area contributed by atoms with E-state index in [-0.39, 0.29) is 0 Å². The predicted molar refractivity (Wildman–Crippen MR) is 55.4 cm³/mol. The van der Waals surface area contributed by atoms with Gasteiger partial charge in [-0.2, -0.15) is 0 Å². The highest BCUT2D eigenvalue weighted by Gasteiger charge is 2.19. The lowest BCUT2D eigenvalue weighted by Crippen LogP contribution is -2.20. The Morgan fingerprint density at radius 3 is 2.93 bits per heavy atom. The molecule has 0 amide bonds. The maximum absolute atomic E-state index is 5.55. The zero-order valence-corrected chi connectivity index (χ0v) is 8.84. The Hall–Kier alpha value is -0.120. The first kappa shape index (κ1) is 10.4. The molecule has 1 atom stereocenters. The van der Waals surface area contributed by atoms with E-state index in [1.165, 1.54) is 25.7 Å². The summed E-state index contributed by atoms with van der Waals surface area (Å²) in [6, 6.07) is 0.827. The fourth-order valence-electron chi connectivity index (χ4n) is 1.76. The lowest BCUT2D eigenvalue weighted by atomic mass is 10.2. The van der Waals surface area contributed by atoms with Gasteiger partial charge in [-0.3, -0.25) is 0 Å². The van der Waals surface area contributed by atoms with Gasteiger partial charge in [0.25, 0.3) is 0 Å². The smallest absolute Gasteiger partial charge is 0.0809 e. The molecule has 1 aliphatic heterocycles. The standard InChI is InChI=1S/C11H21NO2/c1-3-11(14-8-1)9-13-7-2-6-12-10-4-5-10/h10-12H,1-9H2. The summed E-state index contributed by atoms with van der Waals surface area (Å²) >= 11 is 0. The molecule has 2 aliphatic rings. The van der Waals surface area contributed by atoms with Gasteiger partial charge in [0.05, 0.1) is 12.7 Å². The van der Waals surface area contributed by atoms with E-state index in [4.69, 9.17) is 9.47 Å². The van der Waals surface area contributed by atoms with Gasteiger partial charge in [-0.25, -0.2) is 0 Å². The van der Waals surface area contributed by atoms with Crippen molar-refractivity contribution in [1.29, 1.82) is 0 Å². The molecule has 0 bridgehead atoms. The van der Waals surface area contributed by atoms with Gasteiger partial charge in [-0.1, -0.05) is 0 Å². The van der Waals surface area contributed by atoms with Gasteiger partial charge in [0.15, 0.2) is 0 Å². The predicted octanol–water partition coefficient (Wildman–Crippen LogP) is 1.32. The normalized spacial score (nSPS) is 27.0. The second-order valence-electron chi connectivity index (χ2n) is 4.29. The fourth-order valence-corrected chi connectivity index (χ4v) is 1.76. The number of hydrogen-bond acceptors (Lipinski definition) is 3. The summed E-state index contributed by atoms with van der Waals surface area (Å²) in [7, 11) is 0. The molecule has 0 spiro atoms. The Kier molecular flexibility index (Phi) is 4.22. The van der Waals surface area contributed by atoms with Crippen LogP contribution in [-0.2, 0) is 9.47 Å². The molecule has 1 saturated heterocycles. The van der Waals surface area contributed by atoms with Crippen molar-refractivity contribution in [3.05, 3.63) is 0 Å². The molecule has 0 aromatic carbocycles. The Labute approximate surface area is 86.2 Å². The van der Waals surface area contributed by atoms with E-state index in [0.29, 0.717) is 6.10 Å². The molecule has 1 unspecified atom stereocenters. The largest absolute Gasteiger partial charge is 0.379 e. The fraction of sp³-hybridized carbons (Fsp3) is 1.00. The molecule has 3 nitrogen and oxygen atoms in total. The molecule has 0 radical (unpaired) electrons. The van der Waals surface area contributed by atoms with E-state index in [1.807, 2.05) is 0 Å². The highest BCUT2D eigenvalue weighted by Crippen LogP contribution is 2.18. The molecule has 14 heavy (non-hydrogen) atoms. The number of ether oxygens (including phenoxy) is 2. The monoisotopic (exact) mass is 199 g/mol. The molecular formula is C11H21NO2. The molecule has 82 valence electrons. The summed E-state index contributed by atoms with van der Waals surface area (Å²) in [5.74, 6) is 0. The van der Waals surface area contributed by atoms with Gasteiger partial charge < -0.3 is 14.8 Å². The van der Waals surface area contributed by atoms with E-state index in [9.17, 15) is 0 Å². The Bertz CT molecular complexity index is 153. The van der Waals surface area contributed by atoms with Crippen LogP contribution in [0.25, 0.3) is 0 Å². The van der Waals surface area contributed by atoms with Gasteiger partial charge in [0, 0.05) is 19.3 Å². The molecule has 2 fully saturated rings. The van der Waals surface area contributed by atoms with E-state index in [2.05, 4.69) is 5.32 Å². The average molecular weight is 199 g/mol. The minimum absolute atomic E-state index is 0.381. The molecule has 1 saturated carbocycles. The molecule has 1 aliphatic carbocycles. The minimum Gasteiger partial charge on any atom is -0.379 e. The van der Waals surface area contributed by atoms with Gasteiger partial charge in [-0.15, -0.1) is 0 Å². The summed E-state index contributed by atoms with van der Waals surface area (Å²) in [4.78, 5) is 0. The highest BCUT2D eigenvalue weighted by atomic mass is 16.5. The second-order valence-corrected chi connectivity index (χ2v) is 4.29. The molecule has 2 rings (SSSR count). The van der Waals surface area contributed by atoms with Crippen molar-refractivity contribution in [3.8, 4) is 0 Å². The molecule has 1 heterocycles. The zero-order valence-electron chi connectivity index (χ0n) is 8.84. The van der Waals surface area contributed by atoms with E-state index >= 15 is 0 Å². The SMILES string of the molecule is C(CNC1CC1)COCC1CCCO1. The van der Waals surface area contributed by atoms with E-state index in [0.717, 1.165) is 38.8 Å². The topological polar surface area (TPSA) is 30.5 Å². The van der Waals surface area contributed by atoms with Crippen molar-refractivity contribution in [2.75, 3.05) is 26.4 Å². The van der Waals surface area contributed by atoms with Gasteiger partial charge in [0.1, 0.15) is 0 Å². The van der Waals surface area contributed by atoms with Crippen LogP contribution in [0.15, 0.2) is 0 Å². The summed E-state index contributed by atoms with van der Waals surface area (Å²) < 4.78 is 11.0. The second kappa shape index (κ2) is 5.69. The first-order valence-electron chi connectivity index (χ1n) is 5.88. The van der Waals surface area contributed by atoms with Crippen molar-refractivity contribution in [3.63, 3.8) is 0 Å². The van der Waals surface area contributed by atoms with Gasteiger partial charge in [-0.05, 0) is 38.6 Å². The third-order valence-electron chi connectivity index (χ3n) is 2.80. The van der Waals surface area contributed by atoms with Gasteiger partial charge >= 0.3 is 0 Å². The van der Waals surface area contributed by atoms with Crippen LogP contribution in [0.1, 0.15) is 32.1 Å². The third-order valence-corrected chi connectivity index (χ3v) is 2.80. The lowest BCUT2D eigenvalue weighted by Gasteiger charge is -2.09. The Morgan fingerprint density at radius 2 is 2.21 bits per heavy atom. The number of nitrogens with one attached hydrogen (secondary N) is 1. The average Bonchev–Trinajstić information content (AvgIpc) is 2.87. The van der Waals surface area contributed by atoms with Crippen LogP contribution >= 0.6 is 0 Å². The molecular weight excluding hydrogens is 178 g/mol. The third kappa shape index (κ3) is 3.95. The highest BCUT2D eigenvalue weighted by molar-refractivity contribution is 4.80. The quantitative estimate of drug-likeness (QED) is 0.627. The maximum atomic E-state index is 5.55. The lowest BCUT2D eigenvalue weighted by molar-refractivity contribution is 0.0166. The van der Waals surface area contributed by atoms with Crippen molar-refractivity contribution < 1.29 is 9.47 Å². The van der Waals surface area contributed by atoms with Crippen LogP contribution in [0.5, 0.6) is 0 Å². The Balaban J connectivity index is 1.35. The summed E-state index contributed by atoms with van der Waals surface area (Å²) in [5.41, 5.74) is 0. The van der Waals surface area contributed by atoms with Crippen molar-refractivity contribution >= 4 is 0 Å². The van der Waals surface area contributed by atoms with Crippen LogP contribution in [0.2, 0.25) is 0 Å². The van der Waals surface area contributed by atoms with E-state index in [1.54, 1.807) is 0 Å². The Morgan fingerprint density at radius 1 is 1.29 bits per heavy atom. The number of hydrogen-bond donors (Lipinski definition) is 1.